The number of amides is 1. The second kappa shape index (κ2) is 8.31. The van der Waals surface area contributed by atoms with E-state index in [4.69, 9.17) is 16.3 Å². The molecule has 24 heavy (non-hydrogen) atoms. The van der Waals surface area contributed by atoms with Crippen molar-refractivity contribution in [2.75, 3.05) is 5.32 Å². The number of carbonyl (C=O) groups is 2. The van der Waals surface area contributed by atoms with E-state index >= 15 is 0 Å². The zero-order valence-corrected chi connectivity index (χ0v) is 14.2. The molecule has 0 fully saturated rings. The number of hydrogen-bond acceptors (Lipinski definition) is 3. The highest BCUT2D eigenvalue weighted by Gasteiger charge is 2.09. The summed E-state index contributed by atoms with van der Waals surface area (Å²) in [6, 6.07) is 13.7. The SMILES string of the molecule is CC(C)OC(=O)c1ccc(NC(=O)/C=C/c2ccc(Cl)cc2)cc1. The van der Waals surface area contributed by atoms with Gasteiger partial charge in [0.2, 0.25) is 5.91 Å². The van der Waals surface area contributed by atoms with E-state index < -0.39 is 0 Å². The van der Waals surface area contributed by atoms with Gasteiger partial charge in [0, 0.05) is 16.8 Å². The van der Waals surface area contributed by atoms with Gasteiger partial charge in [-0.2, -0.15) is 0 Å². The minimum absolute atomic E-state index is 0.171. The summed E-state index contributed by atoms with van der Waals surface area (Å²) in [5.74, 6) is -0.645. The van der Waals surface area contributed by atoms with Crippen LogP contribution in [0.5, 0.6) is 0 Å². The molecular weight excluding hydrogens is 326 g/mol. The molecule has 124 valence electrons. The third-order valence-corrected chi connectivity index (χ3v) is 3.28. The highest BCUT2D eigenvalue weighted by Crippen LogP contribution is 2.13. The molecule has 2 aromatic rings. The number of rotatable bonds is 5. The van der Waals surface area contributed by atoms with Crippen LogP contribution in [-0.4, -0.2) is 18.0 Å². The standard InChI is InChI=1S/C19H18ClNO3/c1-13(2)24-19(23)15-6-10-17(11-7-15)21-18(22)12-5-14-3-8-16(20)9-4-14/h3-13H,1-2H3,(H,21,22)/b12-5+. The van der Waals surface area contributed by atoms with Crippen LogP contribution in [0.25, 0.3) is 6.08 Å². The van der Waals surface area contributed by atoms with Crippen LogP contribution in [0.15, 0.2) is 54.6 Å². The number of halogens is 1. The van der Waals surface area contributed by atoms with Gasteiger partial charge >= 0.3 is 5.97 Å². The maximum atomic E-state index is 11.9. The van der Waals surface area contributed by atoms with Crippen molar-refractivity contribution in [2.24, 2.45) is 0 Å². The maximum Gasteiger partial charge on any atom is 0.338 e. The monoisotopic (exact) mass is 343 g/mol. The van der Waals surface area contributed by atoms with Crippen LogP contribution in [0, 0.1) is 0 Å². The Morgan fingerprint density at radius 2 is 1.67 bits per heavy atom. The zero-order valence-electron chi connectivity index (χ0n) is 13.5. The number of benzene rings is 2. The molecule has 1 N–H and O–H groups in total. The molecule has 0 heterocycles. The first-order valence-electron chi connectivity index (χ1n) is 7.50. The minimum Gasteiger partial charge on any atom is -0.459 e. The lowest BCUT2D eigenvalue weighted by Gasteiger charge is -2.08. The van der Waals surface area contributed by atoms with Crippen LogP contribution in [0.4, 0.5) is 5.69 Å². The molecule has 0 radical (unpaired) electrons. The van der Waals surface area contributed by atoms with Crippen molar-refractivity contribution in [2.45, 2.75) is 20.0 Å². The fourth-order valence-corrected chi connectivity index (χ4v) is 2.03. The van der Waals surface area contributed by atoms with Gasteiger partial charge in [-0.15, -0.1) is 0 Å². The fourth-order valence-electron chi connectivity index (χ4n) is 1.90. The van der Waals surface area contributed by atoms with Crippen molar-refractivity contribution in [1.29, 1.82) is 0 Å². The van der Waals surface area contributed by atoms with Gasteiger partial charge in [-0.1, -0.05) is 23.7 Å². The van der Waals surface area contributed by atoms with Crippen molar-refractivity contribution < 1.29 is 14.3 Å². The lowest BCUT2D eigenvalue weighted by atomic mass is 10.2. The molecule has 2 rings (SSSR count). The summed E-state index contributed by atoms with van der Waals surface area (Å²) in [7, 11) is 0. The third kappa shape index (κ3) is 5.56. The first-order valence-corrected chi connectivity index (χ1v) is 7.87. The van der Waals surface area contributed by atoms with E-state index in [0.29, 0.717) is 16.3 Å². The third-order valence-electron chi connectivity index (χ3n) is 3.03. The minimum atomic E-state index is -0.384. The zero-order chi connectivity index (χ0) is 17.5. The highest BCUT2D eigenvalue weighted by molar-refractivity contribution is 6.30. The summed E-state index contributed by atoms with van der Waals surface area (Å²) in [4.78, 5) is 23.6. The quantitative estimate of drug-likeness (QED) is 0.639. The molecule has 0 aliphatic heterocycles. The van der Waals surface area contributed by atoms with Crippen LogP contribution >= 0.6 is 11.6 Å². The van der Waals surface area contributed by atoms with Gasteiger partial charge in [0.25, 0.3) is 0 Å². The molecule has 5 heteroatoms. The number of nitrogens with one attached hydrogen (secondary N) is 1. The van der Waals surface area contributed by atoms with Gasteiger partial charge in [-0.25, -0.2) is 4.79 Å². The second-order valence-electron chi connectivity index (χ2n) is 5.41. The topological polar surface area (TPSA) is 55.4 Å². The van der Waals surface area contributed by atoms with Crippen molar-refractivity contribution in [3.63, 3.8) is 0 Å². The van der Waals surface area contributed by atoms with Crippen LogP contribution in [0.1, 0.15) is 29.8 Å². The molecule has 0 saturated carbocycles. The van der Waals surface area contributed by atoms with E-state index in [-0.39, 0.29) is 18.0 Å². The molecule has 2 aromatic carbocycles. The first-order chi connectivity index (χ1) is 11.4. The molecular formula is C19H18ClNO3. The lowest BCUT2D eigenvalue weighted by molar-refractivity contribution is -0.111. The van der Waals surface area contributed by atoms with Gasteiger partial charge in [0.1, 0.15) is 0 Å². The average molecular weight is 344 g/mol. The summed E-state index contributed by atoms with van der Waals surface area (Å²) in [6.45, 7) is 3.58. The molecule has 4 nitrogen and oxygen atoms in total. The number of anilines is 1. The molecule has 0 aromatic heterocycles. The molecule has 0 aliphatic rings. The first kappa shape index (κ1) is 17.8. The Kier molecular flexibility index (Phi) is 6.15. The predicted molar refractivity (Wildman–Crippen MR) is 96.1 cm³/mol. The van der Waals surface area contributed by atoms with Gasteiger partial charge in [-0.3, -0.25) is 4.79 Å². The Balaban J connectivity index is 1.94. The van der Waals surface area contributed by atoms with E-state index in [1.165, 1.54) is 6.08 Å². The molecule has 0 aliphatic carbocycles. The normalized spacial score (nSPS) is 10.8. The molecule has 0 spiro atoms. The van der Waals surface area contributed by atoms with E-state index in [9.17, 15) is 9.59 Å². The number of hydrogen-bond donors (Lipinski definition) is 1. The van der Waals surface area contributed by atoms with Crippen molar-refractivity contribution in [3.8, 4) is 0 Å². The second-order valence-corrected chi connectivity index (χ2v) is 5.84. The van der Waals surface area contributed by atoms with Gasteiger partial charge < -0.3 is 10.1 Å². The Morgan fingerprint density at radius 3 is 2.25 bits per heavy atom. The van der Waals surface area contributed by atoms with E-state index in [1.807, 2.05) is 12.1 Å². The largest absolute Gasteiger partial charge is 0.459 e. The summed E-state index contributed by atoms with van der Waals surface area (Å²) in [5, 5.41) is 3.37. The van der Waals surface area contributed by atoms with Crippen molar-refractivity contribution >= 4 is 35.2 Å². The van der Waals surface area contributed by atoms with E-state index in [2.05, 4.69) is 5.32 Å². The Bertz CT molecular complexity index is 734. The van der Waals surface area contributed by atoms with Crippen LogP contribution in [0.3, 0.4) is 0 Å². The summed E-state index contributed by atoms with van der Waals surface area (Å²) in [5.41, 5.74) is 1.92. The highest BCUT2D eigenvalue weighted by atomic mass is 35.5. The number of esters is 1. The molecule has 0 unspecified atom stereocenters. The molecule has 0 atom stereocenters. The average Bonchev–Trinajstić information content (AvgIpc) is 2.54. The summed E-state index contributed by atoms with van der Waals surface area (Å²) < 4.78 is 5.11. The van der Waals surface area contributed by atoms with Gasteiger partial charge in [0.15, 0.2) is 0 Å². The maximum absolute atomic E-state index is 11.9. The Labute approximate surface area is 146 Å². The van der Waals surface area contributed by atoms with Crippen LogP contribution in [0.2, 0.25) is 5.02 Å². The van der Waals surface area contributed by atoms with Crippen molar-refractivity contribution in [3.05, 3.63) is 70.8 Å². The number of carbonyl (C=O) groups excluding carboxylic acids is 2. The van der Waals surface area contributed by atoms with Crippen LogP contribution < -0.4 is 5.32 Å². The Hall–Kier alpha value is -2.59. The van der Waals surface area contributed by atoms with Gasteiger partial charge in [-0.05, 0) is 61.9 Å². The smallest absolute Gasteiger partial charge is 0.338 e. The fraction of sp³-hybridized carbons (Fsp3) is 0.158. The molecule has 0 bridgehead atoms. The summed E-state index contributed by atoms with van der Waals surface area (Å²) in [6.07, 6.45) is 2.96. The van der Waals surface area contributed by atoms with E-state index in [0.717, 1.165) is 5.56 Å². The number of ether oxygens (including phenoxy) is 1. The van der Waals surface area contributed by atoms with E-state index in [1.54, 1.807) is 56.3 Å². The van der Waals surface area contributed by atoms with Crippen LogP contribution in [-0.2, 0) is 9.53 Å². The Morgan fingerprint density at radius 1 is 1.04 bits per heavy atom. The predicted octanol–water partition coefficient (Wildman–Crippen LogP) is 4.56. The van der Waals surface area contributed by atoms with Crippen molar-refractivity contribution in [1.82, 2.24) is 0 Å². The molecule has 0 saturated heterocycles. The lowest BCUT2D eigenvalue weighted by Crippen LogP contribution is -2.12. The summed E-state index contributed by atoms with van der Waals surface area (Å²) >= 11 is 5.81. The molecule has 1 amide bonds. The van der Waals surface area contributed by atoms with Gasteiger partial charge in [0.05, 0.1) is 11.7 Å².